The Morgan fingerprint density at radius 3 is 2.60 bits per heavy atom. The summed E-state index contributed by atoms with van der Waals surface area (Å²) in [6.07, 6.45) is 3.09. The van der Waals surface area contributed by atoms with E-state index in [0.29, 0.717) is 40.8 Å². The summed E-state index contributed by atoms with van der Waals surface area (Å²) in [5, 5.41) is 6.14. The van der Waals surface area contributed by atoms with Crippen LogP contribution >= 0.6 is 15.9 Å². The third kappa shape index (κ3) is 6.12. The minimum atomic E-state index is -3.74. The number of aromatic nitrogens is 3. The predicted molar refractivity (Wildman–Crippen MR) is 119 cm³/mol. The first kappa shape index (κ1) is 21.9. The van der Waals surface area contributed by atoms with Gasteiger partial charge in [0, 0.05) is 29.8 Å². The van der Waals surface area contributed by atoms with Crippen molar-refractivity contribution in [3.05, 3.63) is 59.5 Å². The van der Waals surface area contributed by atoms with Gasteiger partial charge < -0.3 is 15.4 Å². The minimum Gasteiger partial charge on any atom is -0.492 e. The van der Waals surface area contributed by atoms with Crippen molar-refractivity contribution in [2.24, 2.45) is 0 Å². The van der Waals surface area contributed by atoms with E-state index in [4.69, 9.17) is 4.74 Å². The van der Waals surface area contributed by atoms with Crippen LogP contribution in [0.25, 0.3) is 0 Å². The number of hydrogen-bond donors (Lipinski definition) is 3. The molecule has 0 saturated heterocycles. The van der Waals surface area contributed by atoms with Crippen molar-refractivity contribution in [2.75, 3.05) is 30.3 Å². The Morgan fingerprint density at radius 1 is 1.00 bits per heavy atom. The zero-order valence-corrected chi connectivity index (χ0v) is 18.6. The second kappa shape index (κ2) is 10.3. The Morgan fingerprint density at radius 2 is 1.83 bits per heavy atom. The highest BCUT2D eigenvalue weighted by atomic mass is 79.9. The van der Waals surface area contributed by atoms with Gasteiger partial charge in [0.1, 0.15) is 34.4 Å². The number of sulfonamides is 1. The van der Waals surface area contributed by atoms with Crippen molar-refractivity contribution in [2.45, 2.75) is 11.8 Å². The molecule has 3 aromatic rings. The van der Waals surface area contributed by atoms with Crippen LogP contribution in [-0.2, 0) is 10.0 Å². The molecule has 0 bridgehead atoms. The average Bonchev–Trinajstić information content (AvgIpc) is 2.74. The van der Waals surface area contributed by atoms with Crippen LogP contribution < -0.4 is 20.1 Å². The molecule has 0 aliphatic carbocycles. The fourth-order valence-corrected chi connectivity index (χ4v) is 4.22. The van der Waals surface area contributed by atoms with Gasteiger partial charge in [0.15, 0.2) is 0 Å². The Hall–Kier alpha value is -2.76. The summed E-state index contributed by atoms with van der Waals surface area (Å²) in [5.41, 5.74) is 0. The van der Waals surface area contributed by atoms with E-state index in [1.54, 1.807) is 31.3 Å². The van der Waals surface area contributed by atoms with Gasteiger partial charge in [0.25, 0.3) is 0 Å². The fourth-order valence-electron chi connectivity index (χ4n) is 2.51. The SMILES string of the molecule is CCOc1ccc(Br)cc1S(=O)(=O)NCCNc1cc(Nc2ccccn2)ncn1. The van der Waals surface area contributed by atoms with Crippen molar-refractivity contribution >= 4 is 43.4 Å². The van der Waals surface area contributed by atoms with Crippen LogP contribution in [0.3, 0.4) is 0 Å². The van der Waals surface area contributed by atoms with E-state index in [1.165, 1.54) is 12.4 Å². The number of nitrogens with one attached hydrogen (secondary N) is 3. The first-order valence-electron chi connectivity index (χ1n) is 9.14. The van der Waals surface area contributed by atoms with Crippen molar-refractivity contribution < 1.29 is 13.2 Å². The second-order valence-corrected chi connectivity index (χ2v) is 8.63. The molecule has 0 saturated carbocycles. The van der Waals surface area contributed by atoms with Gasteiger partial charge in [-0.3, -0.25) is 0 Å². The lowest BCUT2D eigenvalue weighted by atomic mass is 10.3. The van der Waals surface area contributed by atoms with Crippen LogP contribution in [0.1, 0.15) is 6.92 Å². The average molecular weight is 493 g/mol. The maximum absolute atomic E-state index is 12.7. The first-order chi connectivity index (χ1) is 14.5. The number of hydrogen-bond acceptors (Lipinski definition) is 8. The van der Waals surface area contributed by atoms with Crippen LogP contribution in [0, 0.1) is 0 Å². The Labute approximate surface area is 183 Å². The summed E-state index contributed by atoms with van der Waals surface area (Å²) < 4.78 is 34.0. The molecule has 2 heterocycles. The molecular formula is C19H21BrN6O3S. The molecular weight excluding hydrogens is 472 g/mol. The van der Waals surface area contributed by atoms with Crippen molar-refractivity contribution in [1.29, 1.82) is 0 Å². The number of ether oxygens (including phenoxy) is 1. The number of nitrogens with zero attached hydrogens (tertiary/aromatic N) is 3. The van der Waals surface area contributed by atoms with Crippen LogP contribution in [0.5, 0.6) is 5.75 Å². The van der Waals surface area contributed by atoms with Crippen LogP contribution in [0.15, 0.2) is 64.4 Å². The van der Waals surface area contributed by atoms with Crippen LogP contribution in [0.2, 0.25) is 0 Å². The maximum atomic E-state index is 12.7. The van der Waals surface area contributed by atoms with E-state index in [2.05, 4.69) is 46.2 Å². The third-order valence-corrected chi connectivity index (χ3v) is 5.78. The van der Waals surface area contributed by atoms with Crippen LogP contribution in [0.4, 0.5) is 17.5 Å². The summed E-state index contributed by atoms with van der Waals surface area (Å²) in [7, 11) is -3.74. The molecule has 0 aliphatic heterocycles. The number of rotatable bonds is 10. The number of anilines is 3. The number of benzene rings is 1. The zero-order chi connectivity index (χ0) is 21.4. The van der Waals surface area contributed by atoms with Crippen LogP contribution in [-0.4, -0.2) is 43.1 Å². The minimum absolute atomic E-state index is 0.0857. The quantitative estimate of drug-likeness (QED) is 0.369. The lowest BCUT2D eigenvalue weighted by Gasteiger charge is -2.13. The molecule has 3 rings (SSSR count). The first-order valence-corrected chi connectivity index (χ1v) is 11.4. The molecule has 11 heteroatoms. The molecule has 0 spiro atoms. The van der Waals surface area contributed by atoms with Crippen molar-refractivity contribution in [3.63, 3.8) is 0 Å². The highest BCUT2D eigenvalue weighted by Gasteiger charge is 2.19. The lowest BCUT2D eigenvalue weighted by Crippen LogP contribution is -2.29. The molecule has 9 nitrogen and oxygen atoms in total. The van der Waals surface area contributed by atoms with Crippen molar-refractivity contribution in [3.8, 4) is 5.75 Å². The van der Waals surface area contributed by atoms with Gasteiger partial charge in [0.2, 0.25) is 10.0 Å². The van der Waals surface area contributed by atoms with Crippen molar-refractivity contribution in [1.82, 2.24) is 19.7 Å². The summed E-state index contributed by atoms with van der Waals surface area (Å²) in [6, 6.07) is 12.1. The monoisotopic (exact) mass is 492 g/mol. The molecule has 0 radical (unpaired) electrons. The van der Waals surface area contributed by atoms with Gasteiger partial charge >= 0.3 is 0 Å². The number of halogens is 1. The number of pyridine rings is 1. The molecule has 2 aromatic heterocycles. The van der Waals surface area contributed by atoms with E-state index in [1.807, 2.05) is 18.2 Å². The summed E-state index contributed by atoms with van der Waals surface area (Å²) in [5.74, 6) is 2.10. The summed E-state index contributed by atoms with van der Waals surface area (Å²) in [4.78, 5) is 12.5. The smallest absolute Gasteiger partial charge is 0.244 e. The normalized spacial score (nSPS) is 11.1. The molecule has 30 heavy (non-hydrogen) atoms. The third-order valence-electron chi connectivity index (χ3n) is 3.81. The van der Waals surface area contributed by atoms with Gasteiger partial charge in [0.05, 0.1) is 6.61 Å². The van der Waals surface area contributed by atoms with E-state index in [0.717, 1.165) is 0 Å². The van der Waals surface area contributed by atoms with E-state index >= 15 is 0 Å². The molecule has 0 atom stereocenters. The molecule has 0 amide bonds. The molecule has 1 aromatic carbocycles. The van der Waals surface area contributed by atoms with Gasteiger partial charge in [-0.25, -0.2) is 28.1 Å². The fraction of sp³-hybridized carbons (Fsp3) is 0.211. The Balaban J connectivity index is 1.57. The largest absolute Gasteiger partial charge is 0.492 e. The van der Waals surface area contributed by atoms with E-state index in [9.17, 15) is 8.42 Å². The molecule has 0 unspecified atom stereocenters. The standard InChI is InChI=1S/C19H21BrN6O3S/c1-2-29-15-7-6-14(20)11-16(15)30(27,28)25-10-9-22-18-12-19(24-13-23-18)26-17-5-3-4-8-21-17/h3-8,11-13,25H,2,9-10H2,1H3,(H2,21,22,23,24,26). The lowest BCUT2D eigenvalue weighted by molar-refractivity contribution is 0.331. The molecule has 0 fully saturated rings. The van der Waals surface area contributed by atoms with E-state index in [-0.39, 0.29) is 11.4 Å². The predicted octanol–water partition coefficient (Wildman–Crippen LogP) is 3.17. The molecule has 158 valence electrons. The maximum Gasteiger partial charge on any atom is 0.244 e. The topological polar surface area (TPSA) is 118 Å². The Kier molecular flexibility index (Phi) is 7.55. The highest BCUT2D eigenvalue weighted by Crippen LogP contribution is 2.27. The Bertz CT molecular complexity index is 1080. The molecule has 3 N–H and O–H groups in total. The second-order valence-electron chi connectivity index (χ2n) is 5.98. The summed E-state index contributed by atoms with van der Waals surface area (Å²) in [6.45, 7) is 2.66. The van der Waals surface area contributed by atoms with Gasteiger partial charge in [-0.05, 0) is 37.3 Å². The summed E-state index contributed by atoms with van der Waals surface area (Å²) >= 11 is 3.30. The zero-order valence-electron chi connectivity index (χ0n) is 16.2. The van der Waals surface area contributed by atoms with E-state index < -0.39 is 10.0 Å². The van der Waals surface area contributed by atoms with Gasteiger partial charge in [-0.15, -0.1) is 0 Å². The molecule has 0 aliphatic rings. The highest BCUT2D eigenvalue weighted by molar-refractivity contribution is 9.10. The van der Waals surface area contributed by atoms with Gasteiger partial charge in [-0.2, -0.15) is 0 Å². The van der Waals surface area contributed by atoms with Gasteiger partial charge in [-0.1, -0.05) is 22.0 Å².